The highest BCUT2D eigenvalue weighted by atomic mass is 16.6. The number of ether oxygens (including phenoxy) is 3. The zero-order chi connectivity index (χ0) is 15.4. The van der Waals surface area contributed by atoms with Crippen molar-refractivity contribution in [2.45, 2.75) is 32.5 Å². The van der Waals surface area contributed by atoms with Gasteiger partial charge in [-0.1, -0.05) is 50.2 Å². The Morgan fingerprint density at radius 3 is 2.45 bits per heavy atom. The molecule has 3 heteroatoms. The van der Waals surface area contributed by atoms with E-state index >= 15 is 0 Å². The minimum Gasteiger partial charge on any atom is -0.487 e. The Labute approximate surface area is 131 Å². The highest BCUT2D eigenvalue weighted by Crippen LogP contribution is 2.33. The van der Waals surface area contributed by atoms with Gasteiger partial charge in [-0.05, 0) is 29.2 Å². The van der Waals surface area contributed by atoms with Crippen LogP contribution in [0.25, 0.3) is 0 Å². The van der Waals surface area contributed by atoms with Gasteiger partial charge in [0.2, 0.25) is 0 Å². The third-order valence-electron chi connectivity index (χ3n) is 3.81. The Bertz CT molecular complexity index is 607. The lowest BCUT2D eigenvalue weighted by Crippen LogP contribution is -2.26. The maximum atomic E-state index is 5.91. The first-order chi connectivity index (χ1) is 10.7. The van der Waals surface area contributed by atoms with E-state index in [4.69, 9.17) is 14.2 Å². The maximum Gasteiger partial charge on any atom is 0.161 e. The smallest absolute Gasteiger partial charge is 0.161 e. The van der Waals surface area contributed by atoms with E-state index in [1.807, 2.05) is 24.3 Å². The summed E-state index contributed by atoms with van der Waals surface area (Å²) in [5.41, 5.74) is 2.41. The third kappa shape index (κ3) is 3.60. The van der Waals surface area contributed by atoms with Crippen LogP contribution in [0.2, 0.25) is 0 Å². The first-order valence-corrected chi connectivity index (χ1v) is 7.77. The van der Waals surface area contributed by atoms with Crippen molar-refractivity contribution < 1.29 is 14.2 Å². The van der Waals surface area contributed by atoms with Crippen LogP contribution in [0.5, 0.6) is 11.5 Å². The minimum atomic E-state index is -0.0601. The molecule has 0 bridgehead atoms. The molecule has 0 radical (unpaired) electrons. The SMILES string of the molecule is CC(C)c1ccc2c(c1)OCC(OCc1ccccc1)CO2. The van der Waals surface area contributed by atoms with E-state index < -0.39 is 0 Å². The number of rotatable bonds is 4. The average molecular weight is 298 g/mol. The lowest BCUT2D eigenvalue weighted by molar-refractivity contribution is -0.00725. The van der Waals surface area contributed by atoms with Crippen molar-refractivity contribution in [2.24, 2.45) is 0 Å². The molecule has 1 atom stereocenters. The average Bonchev–Trinajstić information content (AvgIpc) is 2.75. The topological polar surface area (TPSA) is 27.7 Å². The second-order valence-corrected chi connectivity index (χ2v) is 5.90. The first kappa shape index (κ1) is 14.9. The predicted octanol–water partition coefficient (Wildman–Crippen LogP) is 4.17. The standard InChI is InChI=1S/C19H22O3/c1-14(2)16-8-9-18-19(10-16)22-13-17(12-21-18)20-11-15-6-4-3-5-7-15/h3-10,14,17H,11-13H2,1-2H3. The van der Waals surface area contributed by atoms with Gasteiger partial charge in [-0.25, -0.2) is 0 Å². The summed E-state index contributed by atoms with van der Waals surface area (Å²) >= 11 is 0. The van der Waals surface area contributed by atoms with Crippen LogP contribution in [0.3, 0.4) is 0 Å². The van der Waals surface area contributed by atoms with Crippen molar-refractivity contribution >= 4 is 0 Å². The fourth-order valence-corrected chi connectivity index (χ4v) is 2.41. The van der Waals surface area contributed by atoms with Crippen LogP contribution in [0.4, 0.5) is 0 Å². The molecular weight excluding hydrogens is 276 g/mol. The minimum absolute atomic E-state index is 0.0601. The fraction of sp³-hybridized carbons (Fsp3) is 0.368. The van der Waals surface area contributed by atoms with Crippen molar-refractivity contribution in [1.29, 1.82) is 0 Å². The molecule has 0 spiro atoms. The first-order valence-electron chi connectivity index (χ1n) is 7.77. The highest BCUT2D eigenvalue weighted by molar-refractivity contribution is 5.44. The van der Waals surface area contributed by atoms with Gasteiger partial charge in [0.1, 0.15) is 19.3 Å². The number of benzene rings is 2. The molecule has 0 aromatic heterocycles. The Hall–Kier alpha value is -2.00. The summed E-state index contributed by atoms with van der Waals surface area (Å²) in [6, 6.07) is 16.3. The molecular formula is C19H22O3. The number of fused-ring (bicyclic) bond motifs is 1. The van der Waals surface area contributed by atoms with E-state index in [9.17, 15) is 0 Å². The van der Waals surface area contributed by atoms with Crippen LogP contribution in [0, 0.1) is 0 Å². The summed E-state index contributed by atoms with van der Waals surface area (Å²) in [5, 5.41) is 0. The zero-order valence-corrected chi connectivity index (χ0v) is 13.1. The molecule has 1 aliphatic heterocycles. The van der Waals surface area contributed by atoms with Crippen molar-refractivity contribution in [3.8, 4) is 11.5 Å². The Morgan fingerprint density at radius 1 is 1.00 bits per heavy atom. The van der Waals surface area contributed by atoms with Crippen molar-refractivity contribution in [2.75, 3.05) is 13.2 Å². The molecule has 0 N–H and O–H groups in total. The van der Waals surface area contributed by atoms with Gasteiger partial charge in [0, 0.05) is 0 Å². The molecule has 0 fully saturated rings. The molecule has 0 aliphatic carbocycles. The van der Waals surface area contributed by atoms with E-state index in [2.05, 4.69) is 38.1 Å². The molecule has 3 nitrogen and oxygen atoms in total. The quantitative estimate of drug-likeness (QED) is 0.848. The molecule has 0 saturated heterocycles. The van der Waals surface area contributed by atoms with Crippen LogP contribution in [0.15, 0.2) is 48.5 Å². The zero-order valence-electron chi connectivity index (χ0n) is 13.1. The van der Waals surface area contributed by atoms with Crippen molar-refractivity contribution in [1.82, 2.24) is 0 Å². The second kappa shape index (κ2) is 6.84. The van der Waals surface area contributed by atoms with Gasteiger partial charge in [-0.2, -0.15) is 0 Å². The molecule has 3 rings (SSSR count). The van der Waals surface area contributed by atoms with Gasteiger partial charge in [0.15, 0.2) is 11.5 Å². The molecule has 1 heterocycles. The van der Waals surface area contributed by atoms with E-state index in [0.717, 1.165) is 17.1 Å². The number of hydrogen-bond donors (Lipinski definition) is 0. The van der Waals surface area contributed by atoms with Gasteiger partial charge in [0.05, 0.1) is 6.61 Å². The van der Waals surface area contributed by atoms with Gasteiger partial charge >= 0.3 is 0 Å². The molecule has 1 aliphatic rings. The normalized spacial score (nSPS) is 17.3. The summed E-state index contributed by atoms with van der Waals surface area (Å²) in [6.45, 7) is 5.95. The Kier molecular flexibility index (Phi) is 4.64. The Balaban J connectivity index is 1.61. The van der Waals surface area contributed by atoms with E-state index in [1.54, 1.807) is 0 Å². The van der Waals surface area contributed by atoms with Crippen LogP contribution < -0.4 is 9.47 Å². The van der Waals surface area contributed by atoms with Gasteiger partial charge in [-0.3, -0.25) is 0 Å². The highest BCUT2D eigenvalue weighted by Gasteiger charge is 2.19. The lowest BCUT2D eigenvalue weighted by atomic mass is 10.0. The number of hydrogen-bond acceptors (Lipinski definition) is 3. The largest absolute Gasteiger partial charge is 0.487 e. The molecule has 2 aromatic rings. The maximum absolute atomic E-state index is 5.91. The summed E-state index contributed by atoms with van der Waals surface area (Å²) in [7, 11) is 0. The van der Waals surface area contributed by atoms with E-state index in [1.165, 1.54) is 5.56 Å². The van der Waals surface area contributed by atoms with Crippen LogP contribution >= 0.6 is 0 Å². The molecule has 0 saturated carbocycles. The van der Waals surface area contributed by atoms with Gasteiger partial charge < -0.3 is 14.2 Å². The monoisotopic (exact) mass is 298 g/mol. The van der Waals surface area contributed by atoms with Crippen LogP contribution in [0.1, 0.15) is 30.9 Å². The predicted molar refractivity (Wildman–Crippen MR) is 86.5 cm³/mol. The van der Waals surface area contributed by atoms with E-state index in [0.29, 0.717) is 25.7 Å². The molecule has 1 unspecified atom stereocenters. The summed E-state index contributed by atoms with van der Waals surface area (Å²) in [6.07, 6.45) is -0.0601. The second-order valence-electron chi connectivity index (χ2n) is 5.90. The van der Waals surface area contributed by atoms with Crippen LogP contribution in [-0.4, -0.2) is 19.3 Å². The molecule has 22 heavy (non-hydrogen) atoms. The molecule has 116 valence electrons. The van der Waals surface area contributed by atoms with Crippen molar-refractivity contribution in [3.05, 3.63) is 59.7 Å². The van der Waals surface area contributed by atoms with Gasteiger partial charge in [-0.15, -0.1) is 0 Å². The van der Waals surface area contributed by atoms with E-state index in [-0.39, 0.29) is 6.10 Å². The summed E-state index contributed by atoms with van der Waals surface area (Å²) < 4.78 is 17.6. The molecule has 0 amide bonds. The third-order valence-corrected chi connectivity index (χ3v) is 3.81. The van der Waals surface area contributed by atoms with Gasteiger partial charge in [0.25, 0.3) is 0 Å². The lowest BCUT2D eigenvalue weighted by Gasteiger charge is -2.14. The summed E-state index contributed by atoms with van der Waals surface area (Å²) in [4.78, 5) is 0. The summed E-state index contributed by atoms with van der Waals surface area (Å²) in [5.74, 6) is 2.09. The van der Waals surface area contributed by atoms with Crippen molar-refractivity contribution in [3.63, 3.8) is 0 Å². The van der Waals surface area contributed by atoms with Crippen LogP contribution in [-0.2, 0) is 11.3 Å². The Morgan fingerprint density at radius 2 is 1.73 bits per heavy atom. The fourth-order valence-electron chi connectivity index (χ4n) is 2.41. The molecule has 2 aromatic carbocycles.